The maximum Gasteiger partial charge on any atom is 0.160 e. The Kier molecular flexibility index (Phi) is 1.83. The van der Waals surface area contributed by atoms with Crippen molar-refractivity contribution in [2.45, 2.75) is 6.04 Å². The molecule has 1 fully saturated rings. The van der Waals surface area contributed by atoms with Gasteiger partial charge in [-0.25, -0.2) is 0 Å². The summed E-state index contributed by atoms with van der Waals surface area (Å²) in [5, 5.41) is 0.928. The molecule has 2 heterocycles. The van der Waals surface area contributed by atoms with Gasteiger partial charge in [-0.05, 0) is 5.56 Å². The van der Waals surface area contributed by atoms with Crippen molar-refractivity contribution in [2.75, 3.05) is 18.8 Å². The van der Waals surface area contributed by atoms with Gasteiger partial charge in [0, 0.05) is 18.8 Å². The van der Waals surface area contributed by atoms with Crippen LogP contribution in [0.15, 0.2) is 35.2 Å². The van der Waals surface area contributed by atoms with Crippen molar-refractivity contribution in [3.05, 3.63) is 35.8 Å². The van der Waals surface area contributed by atoms with Crippen LogP contribution in [0.4, 0.5) is 0 Å². The van der Waals surface area contributed by atoms with Crippen LogP contribution in [0.2, 0.25) is 0 Å². The minimum absolute atomic E-state index is 0. The van der Waals surface area contributed by atoms with E-state index in [4.69, 9.17) is 6.85 Å². The maximum atomic E-state index is 7.94. The van der Waals surface area contributed by atoms with E-state index in [2.05, 4.69) is 9.89 Å². The van der Waals surface area contributed by atoms with Gasteiger partial charge in [0.25, 0.3) is 0 Å². The molecule has 0 aliphatic carbocycles. The fourth-order valence-corrected chi connectivity index (χ4v) is 2.73. The lowest BCUT2D eigenvalue weighted by molar-refractivity contribution is 0.464. The summed E-state index contributed by atoms with van der Waals surface area (Å²) in [6.07, 6.45) is 0. The van der Waals surface area contributed by atoms with Gasteiger partial charge in [0.05, 0.1) is 12.9 Å². The Balaban J connectivity index is 0.00000147. The molecule has 0 bridgehead atoms. The van der Waals surface area contributed by atoms with Gasteiger partial charge in [0.1, 0.15) is 0 Å². The van der Waals surface area contributed by atoms with Crippen LogP contribution in [0.1, 0.15) is 18.5 Å². The summed E-state index contributed by atoms with van der Waals surface area (Å²) in [5.74, 6) is 1.01. The zero-order valence-electron chi connectivity index (χ0n) is 12.9. The van der Waals surface area contributed by atoms with Crippen LogP contribution in [0.3, 0.4) is 0 Å². The lowest BCUT2D eigenvalue weighted by Crippen LogP contribution is -2.21. The highest BCUT2D eigenvalue weighted by Crippen LogP contribution is 2.31. The smallest absolute Gasteiger partial charge is 0.160 e. The molecule has 2 aliphatic heterocycles. The summed E-state index contributed by atoms with van der Waals surface area (Å²) in [5.41, 5.74) is 0.313. The molecule has 2 aliphatic rings. The predicted octanol–water partition coefficient (Wildman–Crippen LogP) is 2.57. The Morgan fingerprint density at radius 3 is 2.93 bits per heavy atom. The van der Waals surface area contributed by atoms with Gasteiger partial charge in [-0.2, -0.15) is 0 Å². The predicted molar refractivity (Wildman–Crippen MR) is 67.9 cm³/mol. The van der Waals surface area contributed by atoms with Gasteiger partial charge in [0.2, 0.25) is 0 Å². The zero-order chi connectivity index (χ0) is 13.7. The van der Waals surface area contributed by atoms with E-state index in [0.717, 1.165) is 17.5 Å². The number of aliphatic imine (C=N–C) groups is 1. The molecule has 0 aromatic heterocycles. The van der Waals surface area contributed by atoms with Crippen LogP contribution in [0.25, 0.3) is 0 Å². The first kappa shape index (κ1) is 6.16. The molecule has 0 N–H and O–H groups in total. The highest BCUT2D eigenvalue weighted by atomic mass is 35.5. The number of hydrogen-bond acceptors (Lipinski definition) is 3. The van der Waals surface area contributed by atoms with Crippen LogP contribution in [-0.2, 0) is 0 Å². The molecule has 1 aromatic carbocycles. The number of thioether (sulfide) groups is 1. The number of halogens is 1. The minimum atomic E-state index is -0.350. The molecule has 0 saturated carbocycles. The molecule has 2 nitrogen and oxygen atoms in total. The molecule has 0 radical (unpaired) electrons. The van der Waals surface area contributed by atoms with Crippen molar-refractivity contribution in [1.29, 1.82) is 0 Å². The Morgan fingerprint density at radius 1 is 1.40 bits per heavy atom. The maximum absolute atomic E-state index is 7.94. The topological polar surface area (TPSA) is 15.6 Å². The van der Waals surface area contributed by atoms with Gasteiger partial charge >= 0.3 is 0 Å². The first-order chi connectivity index (χ1) is 9.00. The lowest BCUT2D eigenvalue weighted by atomic mass is 10.1. The first-order valence-corrected chi connectivity index (χ1v) is 5.51. The van der Waals surface area contributed by atoms with Crippen molar-refractivity contribution in [3.63, 3.8) is 0 Å². The van der Waals surface area contributed by atoms with Crippen molar-refractivity contribution in [2.24, 2.45) is 4.99 Å². The molecule has 15 heavy (non-hydrogen) atoms. The molecule has 0 amide bonds. The van der Waals surface area contributed by atoms with Crippen LogP contribution in [0.5, 0.6) is 0 Å². The molecule has 1 aromatic rings. The summed E-state index contributed by atoms with van der Waals surface area (Å²) in [7, 11) is 0. The number of benzene rings is 1. The highest BCUT2D eigenvalue weighted by Gasteiger charge is 2.29. The van der Waals surface area contributed by atoms with Gasteiger partial charge in [-0.3, -0.25) is 4.99 Å². The van der Waals surface area contributed by atoms with Gasteiger partial charge < -0.3 is 4.90 Å². The molecule has 1 saturated heterocycles. The largest absolute Gasteiger partial charge is 0.348 e. The first-order valence-electron chi connectivity index (χ1n) is 7.03. The van der Waals surface area contributed by atoms with Crippen molar-refractivity contribution in [3.8, 4) is 0 Å². The average Bonchev–Trinajstić information content (AvgIpc) is 2.95. The third-order valence-corrected chi connectivity index (χ3v) is 3.38. The summed E-state index contributed by atoms with van der Waals surface area (Å²) < 4.78 is 38.8. The second-order valence-electron chi connectivity index (χ2n) is 3.26. The SMILES string of the molecule is Cl.[2H]c1c([2H])c([2H])c([C@@H]2CN3CCSC3=N2)c([2H])c1[2H]. The van der Waals surface area contributed by atoms with Crippen LogP contribution in [-0.4, -0.2) is 28.9 Å². The Bertz CT molecular complexity index is 566. The molecule has 1 atom stereocenters. The van der Waals surface area contributed by atoms with E-state index >= 15 is 0 Å². The Morgan fingerprint density at radius 2 is 2.20 bits per heavy atom. The Labute approximate surface area is 107 Å². The fraction of sp³-hybridized carbons (Fsp3) is 0.364. The summed E-state index contributed by atoms with van der Waals surface area (Å²) in [6.45, 7) is 1.52. The second-order valence-corrected chi connectivity index (χ2v) is 4.32. The molecule has 0 spiro atoms. The number of nitrogens with zero attached hydrogens (tertiary/aromatic N) is 2. The molecular formula is C11H13ClN2S. The van der Waals surface area contributed by atoms with E-state index in [1.54, 1.807) is 11.8 Å². The summed E-state index contributed by atoms with van der Waals surface area (Å²) >= 11 is 1.66. The van der Waals surface area contributed by atoms with Gasteiger partial charge in [-0.1, -0.05) is 42.0 Å². The van der Waals surface area contributed by atoms with E-state index in [1.165, 1.54) is 0 Å². The average molecular weight is 246 g/mol. The number of fused-ring (bicyclic) bond motifs is 1. The van der Waals surface area contributed by atoms with Gasteiger partial charge in [0.15, 0.2) is 5.17 Å². The molecule has 0 unspecified atom stereocenters. The molecule has 4 heteroatoms. The summed E-state index contributed by atoms with van der Waals surface area (Å²) in [6, 6.07) is -1.53. The van der Waals surface area contributed by atoms with E-state index < -0.39 is 0 Å². The third-order valence-electron chi connectivity index (χ3n) is 2.38. The van der Waals surface area contributed by atoms with Crippen molar-refractivity contribution >= 4 is 29.3 Å². The number of rotatable bonds is 1. The monoisotopic (exact) mass is 245 g/mol. The van der Waals surface area contributed by atoms with Crippen LogP contribution in [0, 0.1) is 0 Å². The quantitative estimate of drug-likeness (QED) is 0.756. The van der Waals surface area contributed by atoms with E-state index in [-0.39, 0.29) is 48.7 Å². The van der Waals surface area contributed by atoms with Crippen molar-refractivity contribution in [1.82, 2.24) is 4.90 Å². The van der Waals surface area contributed by atoms with Crippen LogP contribution >= 0.6 is 24.2 Å². The van der Waals surface area contributed by atoms with E-state index in [0.29, 0.717) is 12.1 Å². The van der Waals surface area contributed by atoms with Crippen LogP contribution < -0.4 is 0 Å². The van der Waals surface area contributed by atoms with Gasteiger partial charge in [-0.15, -0.1) is 12.4 Å². The standard InChI is InChI=1S/C11H12N2S.ClH/c1-2-4-9(5-3-1)10-8-13-6-7-14-11(13)12-10;/h1-5,10H,6-8H2;1H/t10-;/m0./s1/i1D,2D,3D,4D,5D;. The fourth-order valence-electron chi connectivity index (χ4n) is 1.69. The second kappa shape index (κ2) is 4.45. The highest BCUT2D eigenvalue weighted by molar-refractivity contribution is 8.14. The Hall–Kier alpha value is -0.670. The minimum Gasteiger partial charge on any atom is -0.348 e. The number of amidine groups is 1. The summed E-state index contributed by atoms with van der Waals surface area (Å²) in [4.78, 5) is 6.60. The molecule has 3 rings (SSSR count). The normalized spacial score (nSPS) is 28.0. The zero-order valence-corrected chi connectivity index (χ0v) is 9.54. The van der Waals surface area contributed by atoms with E-state index in [9.17, 15) is 0 Å². The molecule has 80 valence electrons. The number of hydrogen-bond donors (Lipinski definition) is 0. The third kappa shape index (κ3) is 1.99. The van der Waals surface area contributed by atoms with Crippen molar-refractivity contribution < 1.29 is 6.85 Å². The lowest BCUT2D eigenvalue weighted by Gasteiger charge is -2.12. The molecular weight excluding hydrogens is 228 g/mol. The van der Waals surface area contributed by atoms with E-state index in [1.807, 2.05) is 0 Å².